The van der Waals surface area contributed by atoms with Gasteiger partial charge in [-0.2, -0.15) is 0 Å². The minimum atomic E-state index is -0.754. The molecule has 9 heteroatoms. The number of aliphatic hydroxyl groups excluding tert-OH is 1. The number of rotatable bonds is 13. The van der Waals surface area contributed by atoms with Gasteiger partial charge >= 0.3 is 5.97 Å². The average Bonchev–Trinajstić information content (AvgIpc) is 3.71. The lowest BCUT2D eigenvalue weighted by Crippen LogP contribution is -2.44. The molecule has 3 heterocycles. The van der Waals surface area contributed by atoms with Gasteiger partial charge in [-0.25, -0.2) is 0 Å². The zero-order valence-corrected chi connectivity index (χ0v) is 26.2. The first kappa shape index (κ1) is 31.8. The number of aryl methyl sites for hydroxylation is 1. The van der Waals surface area contributed by atoms with Crippen molar-refractivity contribution in [2.75, 3.05) is 39.4 Å². The molecule has 3 aromatic carbocycles. The molecule has 4 N–H and O–H groups in total. The number of aliphatic hydroxyl groups is 1. The molecule has 1 amide bonds. The predicted octanol–water partition coefficient (Wildman–Crippen LogP) is 4.63. The molecule has 9 nitrogen and oxygen atoms in total. The zero-order chi connectivity index (χ0) is 31.9. The Kier molecular flexibility index (Phi) is 10.3. The summed E-state index contributed by atoms with van der Waals surface area (Å²) >= 11 is 0. The Balaban J connectivity index is 1.09. The molecule has 6 rings (SSSR count). The molecule has 242 valence electrons. The lowest BCUT2D eigenvalue weighted by Gasteiger charge is -2.32. The van der Waals surface area contributed by atoms with E-state index in [4.69, 9.17) is 4.74 Å². The van der Waals surface area contributed by atoms with E-state index in [9.17, 15) is 19.8 Å². The number of ether oxygens (including phenoxy) is 1. The van der Waals surface area contributed by atoms with Crippen LogP contribution >= 0.6 is 0 Å². The number of carbonyl (C=O) groups excluding carboxylic acids is 1. The molecular weight excluding hydrogens is 580 g/mol. The summed E-state index contributed by atoms with van der Waals surface area (Å²) in [7, 11) is 0. The Labute approximate surface area is 270 Å². The first-order chi connectivity index (χ1) is 22.5. The molecular formula is C37H44N4O5. The summed E-state index contributed by atoms with van der Waals surface area (Å²) in [5.74, 6) is -0.0121. The highest BCUT2D eigenvalue weighted by Gasteiger charge is 2.32. The topological polar surface area (TPSA) is 116 Å². The minimum absolute atomic E-state index is 0.0555. The maximum atomic E-state index is 13.6. The van der Waals surface area contributed by atoms with Crippen molar-refractivity contribution in [1.29, 1.82) is 0 Å². The van der Waals surface area contributed by atoms with E-state index in [-0.39, 0.29) is 24.3 Å². The number of aromatic nitrogens is 1. The van der Waals surface area contributed by atoms with Crippen molar-refractivity contribution in [3.05, 3.63) is 90.1 Å². The van der Waals surface area contributed by atoms with Crippen LogP contribution in [0.3, 0.4) is 0 Å². The lowest BCUT2D eigenvalue weighted by atomic mass is 9.80. The number of likely N-dealkylation sites (tertiary alicyclic amines) is 1. The largest absolute Gasteiger partial charge is 0.492 e. The van der Waals surface area contributed by atoms with Crippen LogP contribution in [0.15, 0.2) is 79.0 Å². The number of piperidine rings is 1. The second kappa shape index (κ2) is 14.9. The monoisotopic (exact) mass is 624 g/mol. The van der Waals surface area contributed by atoms with Gasteiger partial charge in [0.1, 0.15) is 18.4 Å². The summed E-state index contributed by atoms with van der Waals surface area (Å²) in [6.45, 7) is 4.69. The molecule has 3 atom stereocenters. The van der Waals surface area contributed by atoms with Gasteiger partial charge in [0, 0.05) is 49.9 Å². The summed E-state index contributed by atoms with van der Waals surface area (Å²) in [4.78, 5) is 27.1. The molecule has 0 aliphatic carbocycles. The highest BCUT2D eigenvalue weighted by molar-refractivity contribution is 5.85. The van der Waals surface area contributed by atoms with Crippen molar-refractivity contribution in [3.63, 3.8) is 0 Å². The van der Waals surface area contributed by atoms with Crippen LogP contribution in [0, 0.1) is 5.92 Å². The van der Waals surface area contributed by atoms with Crippen molar-refractivity contribution < 1.29 is 24.5 Å². The molecule has 1 aromatic heterocycles. The average molecular weight is 625 g/mol. The lowest BCUT2D eigenvalue weighted by molar-refractivity contribution is -0.142. The third-order valence-electron chi connectivity index (χ3n) is 9.50. The van der Waals surface area contributed by atoms with Crippen LogP contribution in [-0.4, -0.2) is 77.0 Å². The maximum absolute atomic E-state index is 13.6. The van der Waals surface area contributed by atoms with Crippen molar-refractivity contribution in [2.24, 2.45) is 5.92 Å². The normalized spacial score (nSPS) is 20.2. The van der Waals surface area contributed by atoms with Gasteiger partial charge in [-0.05, 0) is 85.1 Å². The van der Waals surface area contributed by atoms with Crippen molar-refractivity contribution in [1.82, 2.24) is 20.1 Å². The number of para-hydroxylation sites is 1. The summed E-state index contributed by atoms with van der Waals surface area (Å²) in [6, 6.07) is 24.3. The molecule has 2 fully saturated rings. The number of aliphatic carboxylic acids is 1. The Morgan fingerprint density at radius 2 is 1.83 bits per heavy atom. The number of hydrogen-bond acceptors (Lipinski definition) is 6. The zero-order valence-electron chi connectivity index (χ0n) is 26.2. The van der Waals surface area contributed by atoms with E-state index in [2.05, 4.69) is 57.8 Å². The molecule has 0 saturated carbocycles. The van der Waals surface area contributed by atoms with Crippen molar-refractivity contribution >= 4 is 22.8 Å². The number of nitrogens with zero attached hydrogens (tertiary/aromatic N) is 2. The van der Waals surface area contributed by atoms with E-state index in [1.165, 1.54) is 5.56 Å². The Morgan fingerprint density at radius 3 is 2.65 bits per heavy atom. The van der Waals surface area contributed by atoms with Gasteiger partial charge in [0.15, 0.2) is 0 Å². The van der Waals surface area contributed by atoms with E-state index in [0.717, 1.165) is 65.8 Å². The predicted molar refractivity (Wildman–Crippen MR) is 179 cm³/mol. The van der Waals surface area contributed by atoms with Gasteiger partial charge < -0.3 is 30.2 Å². The molecule has 1 unspecified atom stereocenters. The number of amides is 1. The molecule has 4 aromatic rings. The van der Waals surface area contributed by atoms with Gasteiger partial charge in [0.05, 0.1) is 5.92 Å². The quantitative estimate of drug-likeness (QED) is 0.172. The summed E-state index contributed by atoms with van der Waals surface area (Å²) < 4.78 is 8.11. The van der Waals surface area contributed by atoms with Crippen LogP contribution in [0.5, 0.6) is 5.75 Å². The highest BCUT2D eigenvalue weighted by atomic mass is 16.5. The molecule has 46 heavy (non-hydrogen) atoms. The van der Waals surface area contributed by atoms with Gasteiger partial charge in [0.25, 0.3) is 0 Å². The van der Waals surface area contributed by atoms with Crippen molar-refractivity contribution in [3.8, 4) is 16.9 Å². The van der Waals surface area contributed by atoms with E-state index >= 15 is 0 Å². The van der Waals surface area contributed by atoms with E-state index in [1.54, 1.807) is 0 Å². The number of fused-ring (bicyclic) bond motifs is 1. The van der Waals surface area contributed by atoms with Gasteiger partial charge in [-0.1, -0.05) is 54.6 Å². The molecule has 0 bridgehead atoms. The highest BCUT2D eigenvalue weighted by Crippen LogP contribution is 2.34. The fourth-order valence-corrected chi connectivity index (χ4v) is 7.08. The van der Waals surface area contributed by atoms with Crippen LogP contribution in [0.25, 0.3) is 22.0 Å². The van der Waals surface area contributed by atoms with Gasteiger partial charge in [-0.15, -0.1) is 0 Å². The van der Waals surface area contributed by atoms with Gasteiger partial charge in [-0.3, -0.25) is 14.5 Å². The summed E-state index contributed by atoms with van der Waals surface area (Å²) in [5.41, 5.74) is 5.53. The smallest absolute Gasteiger partial charge is 0.320 e. The fraction of sp³-hybridized carbons (Fsp3) is 0.405. The Bertz CT molecular complexity index is 1630. The summed E-state index contributed by atoms with van der Waals surface area (Å²) in [6.07, 6.45) is 5.28. The van der Waals surface area contributed by atoms with E-state index in [0.29, 0.717) is 39.1 Å². The molecule has 2 aliphatic rings. The third kappa shape index (κ3) is 7.28. The van der Waals surface area contributed by atoms with Gasteiger partial charge in [0.2, 0.25) is 5.91 Å². The van der Waals surface area contributed by atoms with E-state index in [1.807, 2.05) is 41.3 Å². The standard InChI is InChI=1S/C37H44N4O5/c42-20-5-18-41-25-29(32-8-1-2-9-34(32)41)23-39-36(43)33-24-38-16-15-31(33)28-7-3-6-27(22-28)26-11-13-30(14-12-26)46-21-19-40-17-4-10-35(40)37(44)45/h1-3,6-9,11-14,22,25,31,33,35,38,42H,4-5,10,15-21,23-24H2,(H,39,43)(H,44,45)/t31-,33+,35?/m1/s1. The first-order valence-electron chi connectivity index (χ1n) is 16.5. The Hall–Kier alpha value is -4.18. The van der Waals surface area contributed by atoms with Crippen molar-refractivity contribution in [2.45, 2.75) is 50.7 Å². The number of carboxylic acids is 1. The molecule has 0 radical (unpaired) electrons. The van der Waals surface area contributed by atoms with Crippen LogP contribution < -0.4 is 15.4 Å². The molecule has 2 aliphatic heterocycles. The Morgan fingerprint density at radius 1 is 0.978 bits per heavy atom. The SMILES string of the molecule is O=C(O)C1CCCN1CCOc1ccc(-c2cccc([C@H]3CCNC[C@@H]3C(=O)NCc3cn(CCCO)c4ccccc34)c2)cc1. The fourth-order valence-electron chi connectivity index (χ4n) is 7.08. The second-order valence-corrected chi connectivity index (χ2v) is 12.4. The van der Waals surface area contributed by atoms with E-state index < -0.39 is 12.0 Å². The second-order valence-electron chi connectivity index (χ2n) is 12.4. The number of hydrogen-bond donors (Lipinski definition) is 4. The van der Waals surface area contributed by atoms with Crippen LogP contribution in [0.2, 0.25) is 0 Å². The maximum Gasteiger partial charge on any atom is 0.320 e. The van der Waals surface area contributed by atoms with Crippen LogP contribution in [0.4, 0.5) is 0 Å². The molecule has 0 spiro atoms. The minimum Gasteiger partial charge on any atom is -0.492 e. The summed E-state index contributed by atoms with van der Waals surface area (Å²) in [5, 5.41) is 26.5. The number of carbonyl (C=O) groups is 2. The van der Waals surface area contributed by atoms with Crippen LogP contribution in [-0.2, 0) is 22.7 Å². The third-order valence-corrected chi connectivity index (χ3v) is 9.50. The van der Waals surface area contributed by atoms with Crippen LogP contribution in [0.1, 0.15) is 42.7 Å². The number of carboxylic acid groups (broad SMARTS) is 1. The number of nitrogens with one attached hydrogen (secondary N) is 2. The molecule has 2 saturated heterocycles. The number of benzene rings is 3. The first-order valence-corrected chi connectivity index (χ1v) is 16.5.